The Morgan fingerprint density at radius 2 is 2.30 bits per heavy atom. The minimum absolute atomic E-state index is 0. The Bertz CT molecular complexity index is 107. The summed E-state index contributed by atoms with van der Waals surface area (Å²) in [4.78, 5) is 0. The molecule has 1 rings (SSSR count). The van der Waals surface area contributed by atoms with E-state index in [2.05, 4.69) is 26.0 Å². The standard InChI is InChI=1S/C9H15.Mn/c1-3-9-7-5-4-6-8(9)2;/h5,8-9H,3,6-7H2,1-2H3;/q-1;/t8-,9?;/m1./s1. The Labute approximate surface area is 74.6 Å². The Morgan fingerprint density at radius 3 is 2.70 bits per heavy atom. The van der Waals surface area contributed by atoms with E-state index in [1.165, 1.54) is 19.3 Å². The van der Waals surface area contributed by atoms with Crippen LogP contribution in [0.4, 0.5) is 0 Å². The Kier molecular flexibility index (Phi) is 5.11. The van der Waals surface area contributed by atoms with Crippen molar-refractivity contribution in [1.29, 1.82) is 0 Å². The van der Waals surface area contributed by atoms with Crippen LogP contribution in [0.1, 0.15) is 33.1 Å². The van der Waals surface area contributed by atoms with E-state index in [1.807, 2.05) is 0 Å². The van der Waals surface area contributed by atoms with Gasteiger partial charge in [-0.25, -0.2) is 0 Å². The first-order valence-electron chi connectivity index (χ1n) is 3.89. The van der Waals surface area contributed by atoms with Crippen LogP contribution in [-0.4, -0.2) is 0 Å². The Morgan fingerprint density at radius 1 is 1.60 bits per heavy atom. The number of rotatable bonds is 1. The summed E-state index contributed by atoms with van der Waals surface area (Å²) in [6.07, 6.45) is 9.25. The Balaban J connectivity index is 0.000000810. The molecule has 59 valence electrons. The molecule has 1 unspecified atom stereocenters. The second-order valence-electron chi connectivity index (χ2n) is 2.99. The van der Waals surface area contributed by atoms with Crippen molar-refractivity contribution in [2.24, 2.45) is 11.8 Å². The van der Waals surface area contributed by atoms with E-state index in [-0.39, 0.29) is 17.1 Å². The molecule has 0 nitrogen and oxygen atoms in total. The maximum Gasteiger partial charge on any atom is 0 e. The third-order valence-electron chi connectivity index (χ3n) is 2.33. The molecular formula is C9H15Mn-. The van der Waals surface area contributed by atoms with Gasteiger partial charge in [0, 0.05) is 17.1 Å². The molecular weight excluding hydrogens is 163 g/mol. The molecule has 1 radical (unpaired) electrons. The van der Waals surface area contributed by atoms with Gasteiger partial charge in [-0.3, -0.25) is 6.08 Å². The van der Waals surface area contributed by atoms with E-state index in [0.717, 1.165) is 11.8 Å². The number of hydrogen-bond donors (Lipinski definition) is 0. The SMILES string of the molecule is CCC1CC=[C-]C[C@H]1C.[Mn]. The average molecular weight is 178 g/mol. The van der Waals surface area contributed by atoms with Crippen molar-refractivity contribution < 1.29 is 17.1 Å². The molecule has 1 heteroatoms. The zero-order chi connectivity index (χ0) is 6.69. The fourth-order valence-electron chi connectivity index (χ4n) is 1.47. The van der Waals surface area contributed by atoms with Crippen molar-refractivity contribution in [3.63, 3.8) is 0 Å². The molecule has 0 saturated heterocycles. The van der Waals surface area contributed by atoms with Gasteiger partial charge in [-0.1, -0.05) is 32.6 Å². The van der Waals surface area contributed by atoms with Crippen molar-refractivity contribution in [3.05, 3.63) is 12.2 Å². The predicted octanol–water partition coefficient (Wildman–Crippen LogP) is 2.80. The first kappa shape index (κ1) is 10.3. The minimum atomic E-state index is 0. The minimum Gasteiger partial charge on any atom is -0.500 e. The van der Waals surface area contributed by atoms with E-state index in [1.54, 1.807) is 0 Å². The molecule has 0 fully saturated rings. The topological polar surface area (TPSA) is 0 Å². The quantitative estimate of drug-likeness (QED) is 0.428. The molecule has 0 saturated carbocycles. The Hall–Kier alpha value is 0.259. The maximum absolute atomic E-state index is 3.27. The van der Waals surface area contributed by atoms with Gasteiger partial charge in [0.25, 0.3) is 0 Å². The van der Waals surface area contributed by atoms with E-state index >= 15 is 0 Å². The van der Waals surface area contributed by atoms with Crippen molar-refractivity contribution in [2.75, 3.05) is 0 Å². The number of hydrogen-bond acceptors (Lipinski definition) is 0. The van der Waals surface area contributed by atoms with Crippen LogP contribution in [0.2, 0.25) is 0 Å². The first-order chi connectivity index (χ1) is 4.34. The summed E-state index contributed by atoms with van der Waals surface area (Å²) in [5.74, 6) is 1.81. The molecule has 0 amide bonds. The summed E-state index contributed by atoms with van der Waals surface area (Å²) < 4.78 is 0. The van der Waals surface area contributed by atoms with Crippen molar-refractivity contribution in [1.82, 2.24) is 0 Å². The van der Waals surface area contributed by atoms with Crippen LogP contribution in [0, 0.1) is 17.9 Å². The molecule has 0 aliphatic heterocycles. The molecule has 0 aromatic rings. The van der Waals surface area contributed by atoms with Crippen molar-refractivity contribution in [2.45, 2.75) is 33.1 Å². The summed E-state index contributed by atoms with van der Waals surface area (Å²) >= 11 is 0. The summed E-state index contributed by atoms with van der Waals surface area (Å²) in [5, 5.41) is 0. The van der Waals surface area contributed by atoms with Crippen LogP contribution in [0.25, 0.3) is 0 Å². The monoisotopic (exact) mass is 178 g/mol. The van der Waals surface area contributed by atoms with Crippen molar-refractivity contribution in [3.8, 4) is 0 Å². The van der Waals surface area contributed by atoms with Crippen LogP contribution < -0.4 is 0 Å². The molecule has 0 aromatic heterocycles. The summed E-state index contributed by atoms with van der Waals surface area (Å²) in [5.41, 5.74) is 0. The second kappa shape index (κ2) is 4.98. The summed E-state index contributed by atoms with van der Waals surface area (Å²) in [6, 6.07) is 0. The van der Waals surface area contributed by atoms with Gasteiger partial charge in [0.2, 0.25) is 0 Å². The van der Waals surface area contributed by atoms with Crippen LogP contribution >= 0.6 is 0 Å². The van der Waals surface area contributed by atoms with Crippen LogP contribution in [0.3, 0.4) is 0 Å². The average Bonchev–Trinajstić information content (AvgIpc) is 1.89. The summed E-state index contributed by atoms with van der Waals surface area (Å²) in [7, 11) is 0. The van der Waals surface area contributed by atoms with Crippen molar-refractivity contribution >= 4 is 0 Å². The third kappa shape index (κ3) is 2.48. The van der Waals surface area contributed by atoms with Gasteiger partial charge in [-0.15, -0.1) is 0 Å². The van der Waals surface area contributed by atoms with Gasteiger partial charge >= 0.3 is 0 Å². The van der Waals surface area contributed by atoms with Crippen LogP contribution in [-0.2, 0) is 17.1 Å². The van der Waals surface area contributed by atoms with E-state index in [4.69, 9.17) is 0 Å². The van der Waals surface area contributed by atoms with Gasteiger partial charge in [-0.2, -0.15) is 6.42 Å². The van der Waals surface area contributed by atoms with Crippen LogP contribution in [0.5, 0.6) is 0 Å². The molecule has 0 aromatic carbocycles. The molecule has 1 aliphatic carbocycles. The number of allylic oxidation sites excluding steroid dienone is 2. The molecule has 0 N–H and O–H groups in total. The third-order valence-corrected chi connectivity index (χ3v) is 2.33. The largest absolute Gasteiger partial charge is 0.500 e. The van der Waals surface area contributed by atoms with Gasteiger partial charge in [-0.05, 0) is 5.92 Å². The summed E-state index contributed by atoms with van der Waals surface area (Å²) in [6.45, 7) is 4.61. The van der Waals surface area contributed by atoms with Gasteiger partial charge in [0.05, 0.1) is 0 Å². The second-order valence-corrected chi connectivity index (χ2v) is 2.99. The fraction of sp³-hybridized carbons (Fsp3) is 0.778. The molecule has 0 spiro atoms. The van der Waals surface area contributed by atoms with Gasteiger partial charge in [0.1, 0.15) is 0 Å². The molecule has 10 heavy (non-hydrogen) atoms. The zero-order valence-electron chi connectivity index (χ0n) is 6.73. The molecule has 1 aliphatic rings. The van der Waals surface area contributed by atoms with Crippen LogP contribution in [0.15, 0.2) is 6.08 Å². The molecule has 2 atom stereocenters. The van der Waals surface area contributed by atoms with Gasteiger partial charge in [0.15, 0.2) is 0 Å². The smallest absolute Gasteiger partial charge is 0 e. The van der Waals surface area contributed by atoms with Gasteiger partial charge < -0.3 is 6.08 Å². The molecule has 0 heterocycles. The maximum atomic E-state index is 3.27. The normalized spacial score (nSPS) is 31.4. The van der Waals surface area contributed by atoms with E-state index < -0.39 is 0 Å². The first-order valence-corrected chi connectivity index (χ1v) is 3.89. The predicted molar refractivity (Wildman–Crippen MR) is 40.0 cm³/mol. The van der Waals surface area contributed by atoms with E-state index in [0.29, 0.717) is 0 Å². The molecule has 0 bridgehead atoms. The van der Waals surface area contributed by atoms with E-state index in [9.17, 15) is 0 Å². The fourth-order valence-corrected chi connectivity index (χ4v) is 1.47. The zero-order valence-corrected chi connectivity index (χ0v) is 7.91.